The standard InChI is InChI=1S/C17H25N3O4S/c1-4-24-17(23)15-11-6-5-10(2)7-12(11)25-16(15)20-14(22)9-19-8-13(21)18-3/h10,19H,4-9H2,1-3H3,(H,18,21)(H,20,22)/p+1/t10-/m1/s1. The summed E-state index contributed by atoms with van der Waals surface area (Å²) in [5.74, 6) is -0.175. The maximum Gasteiger partial charge on any atom is 0.341 e. The zero-order valence-electron chi connectivity index (χ0n) is 14.9. The van der Waals surface area contributed by atoms with Crippen LogP contribution in [0, 0.1) is 5.92 Å². The van der Waals surface area contributed by atoms with E-state index in [-0.39, 0.29) is 30.9 Å². The van der Waals surface area contributed by atoms with Crippen molar-refractivity contribution in [1.82, 2.24) is 5.32 Å². The number of hydrogen-bond donors (Lipinski definition) is 3. The van der Waals surface area contributed by atoms with Crippen LogP contribution in [-0.4, -0.2) is 44.5 Å². The smallest absolute Gasteiger partial charge is 0.341 e. The Labute approximate surface area is 151 Å². The van der Waals surface area contributed by atoms with Gasteiger partial charge in [0.05, 0.1) is 12.2 Å². The highest BCUT2D eigenvalue weighted by molar-refractivity contribution is 7.17. The molecule has 1 aliphatic rings. The monoisotopic (exact) mass is 368 g/mol. The number of quaternary nitrogens is 1. The van der Waals surface area contributed by atoms with Crippen LogP contribution in [-0.2, 0) is 27.2 Å². The molecule has 8 heteroatoms. The van der Waals surface area contributed by atoms with Gasteiger partial charge in [-0.05, 0) is 37.7 Å². The molecule has 0 aromatic carbocycles. The van der Waals surface area contributed by atoms with E-state index in [0.29, 0.717) is 23.1 Å². The summed E-state index contributed by atoms with van der Waals surface area (Å²) >= 11 is 1.47. The lowest BCUT2D eigenvalue weighted by atomic mass is 9.88. The summed E-state index contributed by atoms with van der Waals surface area (Å²) < 4.78 is 5.18. The van der Waals surface area contributed by atoms with Crippen LogP contribution < -0.4 is 16.0 Å². The van der Waals surface area contributed by atoms with E-state index in [1.807, 2.05) is 0 Å². The molecule has 0 bridgehead atoms. The molecular weight excluding hydrogens is 342 g/mol. The average molecular weight is 368 g/mol. The first-order valence-electron chi connectivity index (χ1n) is 8.60. The van der Waals surface area contributed by atoms with Crippen molar-refractivity contribution >= 4 is 34.1 Å². The third-order valence-corrected chi connectivity index (χ3v) is 5.35. The van der Waals surface area contributed by atoms with Gasteiger partial charge in [0, 0.05) is 11.9 Å². The highest BCUT2D eigenvalue weighted by Crippen LogP contribution is 2.40. The Kier molecular flexibility index (Phi) is 6.95. The van der Waals surface area contributed by atoms with Crippen LogP contribution in [0.2, 0.25) is 0 Å². The third kappa shape index (κ3) is 5.02. The van der Waals surface area contributed by atoms with E-state index in [1.165, 1.54) is 11.3 Å². The number of thiophene rings is 1. The van der Waals surface area contributed by atoms with E-state index in [1.54, 1.807) is 19.3 Å². The Hall–Kier alpha value is -1.93. The number of nitrogens with one attached hydrogen (secondary N) is 2. The second kappa shape index (κ2) is 8.96. The predicted molar refractivity (Wildman–Crippen MR) is 95.8 cm³/mol. The zero-order valence-corrected chi connectivity index (χ0v) is 15.8. The van der Waals surface area contributed by atoms with E-state index in [4.69, 9.17) is 4.74 Å². The Morgan fingerprint density at radius 1 is 1.28 bits per heavy atom. The summed E-state index contributed by atoms with van der Waals surface area (Å²) in [5.41, 5.74) is 1.53. The first-order chi connectivity index (χ1) is 12.0. The van der Waals surface area contributed by atoms with Crippen molar-refractivity contribution in [2.75, 3.05) is 32.1 Å². The van der Waals surface area contributed by atoms with Gasteiger partial charge >= 0.3 is 5.97 Å². The summed E-state index contributed by atoms with van der Waals surface area (Å²) in [5, 5.41) is 7.52. The lowest BCUT2D eigenvalue weighted by molar-refractivity contribution is -0.632. The fourth-order valence-corrected chi connectivity index (χ4v) is 4.29. The number of rotatable bonds is 7. The van der Waals surface area contributed by atoms with Gasteiger partial charge in [0.25, 0.3) is 11.8 Å². The molecule has 0 spiro atoms. The third-order valence-electron chi connectivity index (χ3n) is 4.18. The Morgan fingerprint density at radius 2 is 2.00 bits per heavy atom. The Bertz CT molecular complexity index is 657. The zero-order chi connectivity index (χ0) is 18.4. The van der Waals surface area contributed by atoms with Crippen LogP contribution in [0.1, 0.15) is 41.1 Å². The molecule has 1 aliphatic carbocycles. The summed E-state index contributed by atoms with van der Waals surface area (Å²) in [6.07, 6.45) is 2.79. The van der Waals surface area contributed by atoms with Crippen molar-refractivity contribution in [2.45, 2.75) is 33.1 Å². The number of carbonyl (C=O) groups excluding carboxylic acids is 3. The van der Waals surface area contributed by atoms with E-state index in [0.717, 1.165) is 29.7 Å². The molecule has 2 amide bonds. The van der Waals surface area contributed by atoms with Gasteiger partial charge in [-0.25, -0.2) is 4.79 Å². The minimum Gasteiger partial charge on any atom is -0.462 e. The summed E-state index contributed by atoms with van der Waals surface area (Å²) in [4.78, 5) is 36.9. The molecule has 1 heterocycles. The van der Waals surface area contributed by atoms with Crippen molar-refractivity contribution in [2.24, 2.45) is 5.92 Å². The van der Waals surface area contributed by atoms with E-state index < -0.39 is 0 Å². The SMILES string of the molecule is CCOC(=O)c1c(NC(=O)C[NH2+]CC(=O)NC)sc2c1CC[C@@H](C)C2. The minimum atomic E-state index is -0.376. The maximum atomic E-state index is 12.4. The molecule has 25 heavy (non-hydrogen) atoms. The molecular formula is C17H26N3O4S+. The first kappa shape index (κ1) is 19.4. The molecule has 0 radical (unpaired) electrons. The van der Waals surface area contributed by atoms with Crippen LogP contribution in [0.3, 0.4) is 0 Å². The first-order valence-corrected chi connectivity index (χ1v) is 9.41. The van der Waals surface area contributed by atoms with E-state index >= 15 is 0 Å². The number of carbonyl (C=O) groups is 3. The maximum absolute atomic E-state index is 12.4. The fraction of sp³-hybridized carbons (Fsp3) is 0.588. The number of amides is 2. The van der Waals surface area contributed by atoms with Crippen molar-refractivity contribution in [3.8, 4) is 0 Å². The number of fused-ring (bicyclic) bond motifs is 1. The summed E-state index contributed by atoms with van der Waals surface area (Å²) in [6.45, 7) is 4.57. The highest BCUT2D eigenvalue weighted by atomic mass is 32.1. The van der Waals surface area contributed by atoms with Gasteiger partial charge in [-0.15, -0.1) is 11.3 Å². The van der Waals surface area contributed by atoms with Crippen molar-refractivity contribution < 1.29 is 24.4 Å². The molecule has 1 aromatic heterocycles. The van der Waals surface area contributed by atoms with E-state index in [9.17, 15) is 14.4 Å². The van der Waals surface area contributed by atoms with Gasteiger partial charge in [0.2, 0.25) is 0 Å². The van der Waals surface area contributed by atoms with Crippen molar-refractivity contribution in [3.05, 3.63) is 16.0 Å². The number of anilines is 1. The van der Waals surface area contributed by atoms with Gasteiger partial charge in [-0.2, -0.15) is 0 Å². The lowest BCUT2D eigenvalue weighted by Gasteiger charge is -2.18. The average Bonchev–Trinajstić information content (AvgIpc) is 2.91. The van der Waals surface area contributed by atoms with Gasteiger partial charge in [0.1, 0.15) is 5.00 Å². The molecule has 7 nitrogen and oxygen atoms in total. The number of ether oxygens (including phenoxy) is 1. The Morgan fingerprint density at radius 3 is 2.68 bits per heavy atom. The van der Waals surface area contributed by atoms with Gasteiger partial charge in [0.15, 0.2) is 13.1 Å². The van der Waals surface area contributed by atoms with Crippen LogP contribution in [0.4, 0.5) is 5.00 Å². The molecule has 1 atom stereocenters. The van der Waals surface area contributed by atoms with Crippen LogP contribution in [0.15, 0.2) is 0 Å². The molecule has 0 aliphatic heterocycles. The molecule has 0 fully saturated rings. The van der Waals surface area contributed by atoms with Crippen molar-refractivity contribution in [1.29, 1.82) is 0 Å². The molecule has 4 N–H and O–H groups in total. The quantitative estimate of drug-likeness (QED) is 0.603. The number of hydrogen-bond acceptors (Lipinski definition) is 5. The number of esters is 1. The molecule has 0 unspecified atom stereocenters. The van der Waals surface area contributed by atoms with E-state index in [2.05, 4.69) is 17.6 Å². The summed E-state index contributed by atoms with van der Waals surface area (Å²) in [7, 11) is 1.55. The van der Waals surface area contributed by atoms with Crippen LogP contribution in [0.5, 0.6) is 0 Å². The topological polar surface area (TPSA) is 101 Å². The van der Waals surface area contributed by atoms with Gasteiger partial charge in [-0.3, -0.25) is 9.59 Å². The largest absolute Gasteiger partial charge is 0.462 e. The summed E-state index contributed by atoms with van der Waals surface area (Å²) in [6, 6.07) is 0. The highest BCUT2D eigenvalue weighted by Gasteiger charge is 2.29. The van der Waals surface area contributed by atoms with Crippen LogP contribution in [0.25, 0.3) is 0 Å². The molecule has 0 saturated carbocycles. The van der Waals surface area contributed by atoms with Gasteiger partial charge in [-0.1, -0.05) is 6.92 Å². The number of nitrogens with two attached hydrogens (primary N) is 1. The normalized spacial score (nSPS) is 16.0. The van der Waals surface area contributed by atoms with Crippen LogP contribution >= 0.6 is 11.3 Å². The van der Waals surface area contributed by atoms with Gasteiger partial charge < -0.3 is 20.7 Å². The predicted octanol–water partition coefficient (Wildman–Crippen LogP) is 0.298. The number of likely N-dealkylation sites (N-methyl/N-ethyl adjacent to an activating group) is 1. The minimum absolute atomic E-state index is 0.120. The molecule has 2 rings (SSSR count). The molecule has 138 valence electrons. The molecule has 0 saturated heterocycles. The van der Waals surface area contributed by atoms with Crippen molar-refractivity contribution in [3.63, 3.8) is 0 Å². The second-order valence-electron chi connectivity index (χ2n) is 6.19. The second-order valence-corrected chi connectivity index (χ2v) is 7.30. The molecule has 1 aromatic rings. The fourth-order valence-electron chi connectivity index (χ4n) is 2.87. The lowest BCUT2D eigenvalue weighted by Crippen LogP contribution is -2.88. The Balaban J connectivity index is 2.12.